The Labute approximate surface area is 165 Å². The third kappa shape index (κ3) is 6.33. The largest absolute Gasteiger partial charge is 0.338 e. The Balaban J connectivity index is 1.97. The van der Waals surface area contributed by atoms with Crippen LogP contribution in [-0.4, -0.2) is 23.4 Å². The summed E-state index contributed by atoms with van der Waals surface area (Å²) in [5.41, 5.74) is 5.79. The normalized spacial score (nSPS) is 14.8. The van der Waals surface area contributed by atoms with Crippen molar-refractivity contribution in [2.75, 3.05) is 0 Å². The number of nitrogens with zero attached hydrogens (tertiary/aromatic N) is 1. The van der Waals surface area contributed by atoms with Gasteiger partial charge in [-0.1, -0.05) is 24.7 Å². The second-order valence-electron chi connectivity index (χ2n) is 7.64. The van der Waals surface area contributed by atoms with Crippen LogP contribution < -0.4 is 11.1 Å². The first kappa shape index (κ1) is 21.3. The van der Waals surface area contributed by atoms with Gasteiger partial charge in [0.15, 0.2) is 0 Å². The van der Waals surface area contributed by atoms with E-state index in [-0.39, 0.29) is 0 Å². The average Bonchev–Trinajstić information content (AvgIpc) is 3.18. The van der Waals surface area contributed by atoms with Crippen LogP contribution in [0.1, 0.15) is 61.9 Å². The number of carbonyl (C=O) groups is 2. The molecule has 0 radical (unpaired) electrons. The lowest BCUT2D eigenvalue weighted by molar-refractivity contribution is -0.121. The van der Waals surface area contributed by atoms with Gasteiger partial charge in [-0.15, -0.1) is 4.91 Å². The number of nitroso groups, excluding NO2 is 1. The minimum absolute atomic E-state index is 0.325. The molecule has 146 valence electrons. The van der Waals surface area contributed by atoms with Gasteiger partial charge in [0.05, 0.1) is 0 Å². The van der Waals surface area contributed by atoms with Crippen molar-refractivity contribution < 1.29 is 9.59 Å². The van der Waals surface area contributed by atoms with Crippen molar-refractivity contribution >= 4 is 11.8 Å². The van der Waals surface area contributed by atoms with Crippen molar-refractivity contribution in [1.82, 2.24) is 5.32 Å². The Morgan fingerprint density at radius 3 is 2.43 bits per heavy atom. The molecule has 6 nitrogen and oxygen atoms in total. The average molecular weight is 379 g/mol. The summed E-state index contributed by atoms with van der Waals surface area (Å²) in [6.45, 7) is 3.07. The third-order valence-electron chi connectivity index (χ3n) is 4.73. The zero-order chi connectivity index (χ0) is 20.6. The summed E-state index contributed by atoms with van der Waals surface area (Å²) in [7, 11) is 0. The van der Waals surface area contributed by atoms with Crippen LogP contribution in [-0.2, 0) is 4.79 Å². The number of nitrogens with one attached hydrogen (secondary N) is 1. The van der Waals surface area contributed by atoms with Gasteiger partial charge in [0, 0.05) is 28.3 Å². The molecule has 28 heavy (non-hydrogen) atoms. The second-order valence-corrected chi connectivity index (χ2v) is 7.64. The van der Waals surface area contributed by atoms with Gasteiger partial charge < -0.3 is 11.1 Å². The van der Waals surface area contributed by atoms with E-state index in [0.29, 0.717) is 5.56 Å². The summed E-state index contributed by atoms with van der Waals surface area (Å²) in [6.07, 6.45) is 6.05. The first-order chi connectivity index (χ1) is 13.3. The maximum Gasteiger partial charge on any atom is 0.310 e. The van der Waals surface area contributed by atoms with E-state index in [0.717, 1.165) is 17.9 Å². The minimum atomic E-state index is -1.20. The molecule has 1 saturated carbocycles. The van der Waals surface area contributed by atoms with Gasteiger partial charge in [-0.2, -0.15) is 0 Å². The lowest BCUT2D eigenvalue weighted by atomic mass is 9.95. The minimum Gasteiger partial charge on any atom is -0.338 e. The van der Waals surface area contributed by atoms with Crippen LogP contribution >= 0.6 is 0 Å². The van der Waals surface area contributed by atoms with E-state index < -0.39 is 23.4 Å². The number of nitrogens with two attached hydrogens (primary N) is 1. The molecule has 1 aromatic carbocycles. The summed E-state index contributed by atoms with van der Waals surface area (Å²) in [5, 5.41) is 4.84. The first-order valence-corrected chi connectivity index (χ1v) is 9.37. The Kier molecular flexibility index (Phi) is 7.49. The van der Waals surface area contributed by atoms with Crippen molar-refractivity contribution in [1.29, 1.82) is 0 Å². The van der Waals surface area contributed by atoms with Crippen molar-refractivity contribution in [2.45, 2.75) is 57.5 Å². The highest BCUT2D eigenvalue weighted by molar-refractivity contribution is 5.98. The summed E-state index contributed by atoms with van der Waals surface area (Å²) in [4.78, 5) is 34.5. The van der Waals surface area contributed by atoms with Gasteiger partial charge in [0.25, 0.3) is 5.91 Å². The monoisotopic (exact) mass is 379 g/mol. The SMILES string of the molecule is CC(C)(N)[C@H](NC(=O)c1ccc(C#CC#CCC2CCCC2)cc1)C(=O)N=O. The molecule has 0 aromatic heterocycles. The van der Waals surface area contributed by atoms with E-state index >= 15 is 0 Å². The highest BCUT2D eigenvalue weighted by Crippen LogP contribution is 2.26. The van der Waals surface area contributed by atoms with Gasteiger partial charge >= 0.3 is 5.91 Å². The molecular formula is C22H25N3O3. The molecule has 6 heteroatoms. The molecule has 0 bridgehead atoms. The summed E-state index contributed by atoms with van der Waals surface area (Å²) >= 11 is 0. The highest BCUT2D eigenvalue weighted by atomic mass is 16.3. The molecule has 1 atom stereocenters. The molecule has 1 fully saturated rings. The third-order valence-corrected chi connectivity index (χ3v) is 4.73. The quantitative estimate of drug-likeness (QED) is 0.607. The fraction of sp³-hybridized carbons (Fsp3) is 0.455. The number of amides is 2. The molecule has 2 amide bonds. The first-order valence-electron chi connectivity index (χ1n) is 9.37. The van der Waals surface area contributed by atoms with E-state index in [1.165, 1.54) is 39.5 Å². The Morgan fingerprint density at radius 1 is 1.21 bits per heavy atom. The molecule has 1 aromatic rings. The molecule has 1 aliphatic rings. The molecule has 2 rings (SSSR count). The van der Waals surface area contributed by atoms with Gasteiger partial charge in [0.2, 0.25) is 0 Å². The summed E-state index contributed by atoms with van der Waals surface area (Å²) in [6, 6.07) is 5.37. The maximum atomic E-state index is 12.3. The van der Waals surface area contributed by atoms with Gasteiger partial charge in [-0.25, -0.2) is 0 Å². The number of hydrogen-bond donors (Lipinski definition) is 2. The molecule has 0 heterocycles. The number of rotatable bonds is 5. The van der Waals surface area contributed by atoms with E-state index in [1.54, 1.807) is 24.3 Å². The lowest BCUT2D eigenvalue weighted by Crippen LogP contribution is -2.58. The van der Waals surface area contributed by atoms with Crippen LogP contribution in [0.25, 0.3) is 0 Å². The van der Waals surface area contributed by atoms with Gasteiger partial charge in [-0.3, -0.25) is 9.59 Å². The Bertz CT molecular complexity index is 839. The van der Waals surface area contributed by atoms with E-state index in [2.05, 4.69) is 34.2 Å². The molecule has 0 unspecified atom stereocenters. The topological polar surface area (TPSA) is 102 Å². The molecule has 0 saturated heterocycles. The zero-order valence-corrected chi connectivity index (χ0v) is 16.2. The predicted molar refractivity (Wildman–Crippen MR) is 108 cm³/mol. The maximum absolute atomic E-state index is 12.3. The highest BCUT2D eigenvalue weighted by Gasteiger charge is 2.34. The van der Waals surface area contributed by atoms with Gasteiger partial charge in [0.1, 0.15) is 6.04 Å². The standard InChI is InChI=1S/C22H25N3O3/c1-22(2,23)19(21(27)25-28)24-20(26)18-14-12-17(13-15-18)9-5-3-4-8-16-10-6-7-11-16/h12-16,19H,6-8,10-11,23H2,1-2H3,(H,24,26)/t19-/m1/s1. The van der Waals surface area contributed by atoms with E-state index in [9.17, 15) is 14.5 Å². The number of benzene rings is 1. The number of hydrogen-bond acceptors (Lipinski definition) is 4. The summed E-state index contributed by atoms with van der Waals surface area (Å²) in [5.74, 6) is 10.9. The predicted octanol–water partition coefficient (Wildman–Crippen LogP) is 2.75. The van der Waals surface area contributed by atoms with Crippen LogP contribution in [0.15, 0.2) is 29.4 Å². The van der Waals surface area contributed by atoms with Crippen LogP contribution in [0.2, 0.25) is 0 Å². The number of carbonyl (C=O) groups excluding carboxylic acids is 2. The molecule has 0 aliphatic heterocycles. The van der Waals surface area contributed by atoms with Crippen molar-refractivity contribution in [3.63, 3.8) is 0 Å². The Morgan fingerprint density at radius 2 is 1.86 bits per heavy atom. The van der Waals surface area contributed by atoms with Gasteiger partial charge in [-0.05, 0) is 68.7 Å². The Hall–Kier alpha value is -2.96. The molecule has 1 aliphatic carbocycles. The van der Waals surface area contributed by atoms with Crippen molar-refractivity contribution in [3.8, 4) is 23.7 Å². The molecular weight excluding hydrogens is 354 g/mol. The van der Waals surface area contributed by atoms with Crippen LogP contribution in [0.4, 0.5) is 0 Å². The molecule has 0 spiro atoms. The smallest absolute Gasteiger partial charge is 0.310 e. The fourth-order valence-corrected chi connectivity index (χ4v) is 3.10. The fourth-order valence-electron chi connectivity index (χ4n) is 3.10. The van der Waals surface area contributed by atoms with Crippen LogP contribution in [0.3, 0.4) is 0 Å². The van der Waals surface area contributed by atoms with E-state index in [1.807, 2.05) is 0 Å². The van der Waals surface area contributed by atoms with E-state index in [4.69, 9.17) is 5.73 Å². The lowest BCUT2D eigenvalue weighted by Gasteiger charge is -2.27. The van der Waals surface area contributed by atoms with Crippen LogP contribution in [0, 0.1) is 34.5 Å². The summed E-state index contributed by atoms with van der Waals surface area (Å²) < 4.78 is 0. The van der Waals surface area contributed by atoms with Crippen molar-refractivity contribution in [2.24, 2.45) is 16.8 Å². The second kappa shape index (κ2) is 9.82. The van der Waals surface area contributed by atoms with Crippen LogP contribution in [0.5, 0.6) is 0 Å². The molecule has 3 N–H and O–H groups in total. The zero-order valence-electron chi connectivity index (χ0n) is 16.2. The van der Waals surface area contributed by atoms with Crippen molar-refractivity contribution in [3.05, 3.63) is 40.3 Å².